The standard InChI is InChI=1S/C20H24N2O2/c1-15-3-5-16(6-4-15)17-11-18(13-21-12-17)19(24)22-9-7-20(2,14-23)8-10-22/h3-6,11-13,23H,7-10,14H2,1-2H3. The molecule has 0 aliphatic carbocycles. The minimum atomic E-state index is -0.0568. The maximum absolute atomic E-state index is 12.8. The van der Waals surface area contributed by atoms with Crippen LogP contribution in [-0.2, 0) is 0 Å². The van der Waals surface area contributed by atoms with Crippen LogP contribution in [0, 0.1) is 12.3 Å². The van der Waals surface area contributed by atoms with Crippen LogP contribution in [0.3, 0.4) is 0 Å². The molecule has 1 aromatic carbocycles. The molecular formula is C20H24N2O2. The molecule has 0 saturated carbocycles. The molecule has 2 aromatic rings. The quantitative estimate of drug-likeness (QED) is 0.942. The molecule has 4 heteroatoms. The summed E-state index contributed by atoms with van der Waals surface area (Å²) in [5.41, 5.74) is 3.80. The van der Waals surface area contributed by atoms with Crippen molar-refractivity contribution >= 4 is 5.91 Å². The maximum atomic E-state index is 12.8. The zero-order valence-corrected chi connectivity index (χ0v) is 14.3. The number of aryl methyl sites for hydroxylation is 1. The molecular weight excluding hydrogens is 300 g/mol. The van der Waals surface area contributed by atoms with Crippen LogP contribution in [0.25, 0.3) is 11.1 Å². The molecule has 126 valence electrons. The number of benzene rings is 1. The summed E-state index contributed by atoms with van der Waals surface area (Å²) < 4.78 is 0. The lowest BCUT2D eigenvalue weighted by molar-refractivity contribution is 0.0439. The molecule has 1 N–H and O–H groups in total. The average molecular weight is 324 g/mol. The Morgan fingerprint density at radius 3 is 2.46 bits per heavy atom. The second kappa shape index (κ2) is 6.73. The van der Waals surface area contributed by atoms with Crippen LogP contribution in [0.15, 0.2) is 42.7 Å². The van der Waals surface area contributed by atoms with Crippen LogP contribution in [0.2, 0.25) is 0 Å². The smallest absolute Gasteiger partial charge is 0.255 e. The molecule has 0 radical (unpaired) electrons. The van der Waals surface area contributed by atoms with Crippen LogP contribution in [0.1, 0.15) is 35.7 Å². The van der Waals surface area contributed by atoms with Gasteiger partial charge in [-0.25, -0.2) is 0 Å². The molecule has 3 rings (SSSR count). The Balaban J connectivity index is 1.77. The van der Waals surface area contributed by atoms with Gasteiger partial charge in [0.2, 0.25) is 0 Å². The summed E-state index contributed by atoms with van der Waals surface area (Å²) in [5.74, 6) is 0.0245. The van der Waals surface area contributed by atoms with Gasteiger partial charge >= 0.3 is 0 Å². The number of nitrogens with zero attached hydrogens (tertiary/aromatic N) is 2. The number of pyridine rings is 1. The summed E-state index contributed by atoms with van der Waals surface area (Å²) in [5, 5.41) is 9.46. The van der Waals surface area contributed by atoms with E-state index in [1.165, 1.54) is 5.56 Å². The van der Waals surface area contributed by atoms with Gasteiger partial charge in [0.15, 0.2) is 0 Å². The van der Waals surface area contributed by atoms with Gasteiger partial charge < -0.3 is 10.0 Å². The van der Waals surface area contributed by atoms with Gasteiger partial charge in [-0.2, -0.15) is 0 Å². The topological polar surface area (TPSA) is 53.4 Å². The number of carbonyl (C=O) groups is 1. The first-order valence-corrected chi connectivity index (χ1v) is 8.43. The first-order chi connectivity index (χ1) is 11.5. The molecule has 1 saturated heterocycles. The summed E-state index contributed by atoms with van der Waals surface area (Å²) in [6.07, 6.45) is 5.10. The minimum absolute atomic E-state index is 0.0245. The van der Waals surface area contributed by atoms with Gasteiger partial charge in [-0.3, -0.25) is 9.78 Å². The van der Waals surface area contributed by atoms with E-state index in [0.29, 0.717) is 18.7 Å². The first kappa shape index (κ1) is 16.7. The molecule has 1 aromatic heterocycles. The third-order valence-corrected chi connectivity index (χ3v) is 5.01. The predicted molar refractivity (Wildman–Crippen MR) is 94.7 cm³/mol. The highest BCUT2D eigenvalue weighted by atomic mass is 16.3. The highest BCUT2D eigenvalue weighted by molar-refractivity contribution is 5.95. The third-order valence-electron chi connectivity index (χ3n) is 5.01. The molecule has 4 nitrogen and oxygen atoms in total. The highest BCUT2D eigenvalue weighted by Gasteiger charge is 2.31. The molecule has 1 amide bonds. The molecule has 1 aliphatic heterocycles. The second-order valence-corrected chi connectivity index (χ2v) is 7.09. The summed E-state index contributed by atoms with van der Waals surface area (Å²) >= 11 is 0. The normalized spacial score (nSPS) is 16.9. The second-order valence-electron chi connectivity index (χ2n) is 7.09. The Morgan fingerprint density at radius 2 is 1.83 bits per heavy atom. The third kappa shape index (κ3) is 3.49. The number of likely N-dealkylation sites (tertiary alicyclic amines) is 1. The number of amides is 1. The predicted octanol–water partition coefficient (Wildman–Crippen LogP) is 3.29. The van der Waals surface area contributed by atoms with E-state index in [1.54, 1.807) is 12.4 Å². The number of carbonyl (C=O) groups excluding carboxylic acids is 1. The zero-order valence-electron chi connectivity index (χ0n) is 14.3. The fourth-order valence-electron chi connectivity index (χ4n) is 3.05. The minimum Gasteiger partial charge on any atom is -0.396 e. The molecule has 0 bridgehead atoms. The molecule has 2 heterocycles. The van der Waals surface area contributed by atoms with Crippen LogP contribution < -0.4 is 0 Å². The Bertz CT molecular complexity index is 717. The number of aliphatic hydroxyl groups excluding tert-OH is 1. The fraction of sp³-hybridized carbons (Fsp3) is 0.400. The van der Waals surface area contributed by atoms with E-state index in [9.17, 15) is 9.90 Å². The van der Waals surface area contributed by atoms with Gasteiger partial charge in [-0.05, 0) is 36.8 Å². The van der Waals surface area contributed by atoms with E-state index in [4.69, 9.17) is 0 Å². The summed E-state index contributed by atoms with van der Waals surface area (Å²) in [7, 11) is 0. The number of rotatable bonds is 3. The van der Waals surface area contributed by atoms with E-state index in [1.807, 2.05) is 23.1 Å². The summed E-state index contributed by atoms with van der Waals surface area (Å²) in [4.78, 5) is 18.9. The largest absolute Gasteiger partial charge is 0.396 e. The van der Waals surface area contributed by atoms with Crippen LogP contribution in [-0.4, -0.2) is 40.6 Å². The van der Waals surface area contributed by atoms with E-state index < -0.39 is 0 Å². The number of aliphatic hydroxyl groups is 1. The molecule has 1 aliphatic rings. The monoisotopic (exact) mass is 324 g/mol. The molecule has 0 unspecified atom stereocenters. The number of piperidine rings is 1. The van der Waals surface area contributed by atoms with Gasteiger partial charge in [-0.1, -0.05) is 36.8 Å². The molecule has 0 spiro atoms. The van der Waals surface area contributed by atoms with Crippen molar-refractivity contribution in [3.05, 3.63) is 53.9 Å². The van der Waals surface area contributed by atoms with Crippen molar-refractivity contribution in [2.24, 2.45) is 5.41 Å². The van der Waals surface area contributed by atoms with Crippen molar-refractivity contribution in [3.63, 3.8) is 0 Å². The Hall–Kier alpha value is -2.20. The van der Waals surface area contributed by atoms with Gasteiger partial charge in [-0.15, -0.1) is 0 Å². The zero-order chi connectivity index (χ0) is 17.2. The van der Waals surface area contributed by atoms with Gasteiger partial charge in [0.25, 0.3) is 5.91 Å². The van der Waals surface area contributed by atoms with Crippen LogP contribution in [0.4, 0.5) is 0 Å². The molecule has 1 fully saturated rings. The van der Waals surface area contributed by atoms with Crippen molar-refractivity contribution < 1.29 is 9.90 Å². The van der Waals surface area contributed by atoms with Crippen molar-refractivity contribution in [3.8, 4) is 11.1 Å². The lowest BCUT2D eigenvalue weighted by Crippen LogP contribution is -2.43. The van der Waals surface area contributed by atoms with Crippen LogP contribution >= 0.6 is 0 Å². The Labute approximate surface area is 143 Å². The fourth-order valence-corrected chi connectivity index (χ4v) is 3.05. The van der Waals surface area contributed by atoms with Gasteiger partial charge in [0.1, 0.15) is 0 Å². The average Bonchev–Trinajstić information content (AvgIpc) is 2.62. The summed E-state index contributed by atoms with van der Waals surface area (Å²) in [6.45, 7) is 5.68. The van der Waals surface area contributed by atoms with Crippen LogP contribution in [0.5, 0.6) is 0 Å². The number of aromatic nitrogens is 1. The van der Waals surface area contributed by atoms with Gasteiger partial charge in [0, 0.05) is 37.7 Å². The maximum Gasteiger partial charge on any atom is 0.255 e. The van der Waals surface area contributed by atoms with Crippen molar-refractivity contribution in [2.45, 2.75) is 26.7 Å². The SMILES string of the molecule is Cc1ccc(-c2cncc(C(=O)N3CCC(C)(CO)CC3)c2)cc1. The highest BCUT2D eigenvalue weighted by Crippen LogP contribution is 2.31. The lowest BCUT2D eigenvalue weighted by Gasteiger charge is -2.38. The Kier molecular flexibility index (Phi) is 4.67. The number of hydrogen-bond acceptors (Lipinski definition) is 3. The Morgan fingerprint density at radius 1 is 1.17 bits per heavy atom. The van der Waals surface area contributed by atoms with Crippen molar-refractivity contribution in [2.75, 3.05) is 19.7 Å². The lowest BCUT2D eigenvalue weighted by atomic mass is 9.81. The first-order valence-electron chi connectivity index (χ1n) is 8.43. The summed E-state index contributed by atoms with van der Waals surface area (Å²) in [6, 6.07) is 10.1. The van der Waals surface area contributed by atoms with Crippen molar-refractivity contribution in [1.82, 2.24) is 9.88 Å². The van der Waals surface area contributed by atoms with E-state index in [0.717, 1.165) is 24.0 Å². The van der Waals surface area contributed by atoms with E-state index >= 15 is 0 Å². The van der Waals surface area contributed by atoms with Crippen molar-refractivity contribution in [1.29, 1.82) is 0 Å². The van der Waals surface area contributed by atoms with E-state index in [2.05, 4.69) is 31.0 Å². The van der Waals surface area contributed by atoms with E-state index in [-0.39, 0.29) is 17.9 Å². The number of hydrogen-bond donors (Lipinski definition) is 1. The molecule has 0 atom stereocenters. The van der Waals surface area contributed by atoms with Gasteiger partial charge in [0.05, 0.1) is 5.56 Å². The molecule has 24 heavy (non-hydrogen) atoms.